The van der Waals surface area contributed by atoms with E-state index >= 15 is 0 Å². The fourth-order valence-electron chi connectivity index (χ4n) is 0.141. The van der Waals surface area contributed by atoms with E-state index in [1.807, 2.05) is 4.72 Å². The smallest absolute Gasteiger partial charge is 0.203 e. The van der Waals surface area contributed by atoms with E-state index in [9.17, 15) is 8.76 Å². The Bertz CT molecular complexity index is 113. The third-order valence-corrected chi connectivity index (χ3v) is 1.17. The highest BCUT2D eigenvalue weighted by Gasteiger charge is 2.18. The van der Waals surface area contributed by atoms with E-state index < -0.39 is 15.1 Å². The highest BCUT2D eigenvalue weighted by atomic mass is 35.6. The van der Waals surface area contributed by atoms with Crippen LogP contribution in [0.3, 0.4) is 0 Å². The van der Waals surface area contributed by atoms with E-state index in [1.165, 1.54) is 0 Å². The van der Waals surface area contributed by atoms with Gasteiger partial charge in [0.15, 0.2) is 0 Å². The second-order valence-corrected chi connectivity index (χ2v) is 4.45. The van der Waals surface area contributed by atoms with Crippen LogP contribution in [-0.4, -0.2) is 19.1 Å². The quantitative estimate of drug-likeness (QED) is 0.541. The van der Waals surface area contributed by atoms with Crippen molar-refractivity contribution in [1.82, 2.24) is 4.72 Å². The summed E-state index contributed by atoms with van der Waals surface area (Å²) in [4.78, 5) is 0. The van der Waals surface area contributed by atoms with E-state index in [0.717, 1.165) is 0 Å². The highest BCUT2D eigenvalue weighted by molar-refractivity contribution is 7.77. The molecule has 1 N–H and O–H groups in total. The zero-order valence-corrected chi connectivity index (χ0v) is 7.15. The Hall–Kier alpha value is 0.940. The predicted molar refractivity (Wildman–Crippen MR) is 37.2 cm³/mol. The average Bonchev–Trinajstić information content (AvgIpc) is 1.59. The zero-order chi connectivity index (χ0) is 7.49. The first-order valence-corrected chi connectivity index (χ1v) is 4.02. The second-order valence-electron chi connectivity index (χ2n) is 1.17. The van der Waals surface area contributed by atoms with E-state index in [0.29, 0.717) is 0 Å². The molecule has 3 nitrogen and oxygen atoms in total. The van der Waals surface area contributed by atoms with Crippen molar-refractivity contribution >= 4 is 46.1 Å². The van der Waals surface area contributed by atoms with Crippen LogP contribution < -0.4 is 4.72 Å². The van der Waals surface area contributed by atoms with E-state index in [-0.39, 0.29) is 6.54 Å². The van der Waals surface area contributed by atoms with Crippen molar-refractivity contribution in [3.05, 3.63) is 0 Å². The first kappa shape index (κ1) is 9.94. The molecular weight excluding hydrogens is 208 g/mol. The van der Waals surface area contributed by atoms with Crippen LogP contribution in [0.15, 0.2) is 0 Å². The minimum Gasteiger partial charge on any atom is -0.760 e. The number of rotatable bonds is 2. The largest absolute Gasteiger partial charge is 0.760 e. The van der Waals surface area contributed by atoms with Crippen molar-refractivity contribution in [2.45, 2.75) is 3.79 Å². The molecule has 0 heterocycles. The molecule has 7 heteroatoms. The third kappa shape index (κ3) is 8.94. The van der Waals surface area contributed by atoms with Crippen molar-refractivity contribution in [2.75, 3.05) is 6.54 Å². The van der Waals surface area contributed by atoms with Gasteiger partial charge in [-0.15, -0.1) is 0 Å². The fourth-order valence-corrected chi connectivity index (χ4v) is 0.913. The number of hydrogen-bond acceptors (Lipinski definition) is 2. The molecule has 0 saturated heterocycles. The summed E-state index contributed by atoms with van der Waals surface area (Å²) in [5.74, 6) is 0. The minimum atomic E-state index is -2.37. The van der Waals surface area contributed by atoms with Gasteiger partial charge in [-0.05, 0) is 0 Å². The third-order valence-electron chi connectivity index (χ3n) is 0.390. The first-order valence-electron chi connectivity index (χ1n) is 1.81. The summed E-state index contributed by atoms with van der Waals surface area (Å²) in [6.07, 6.45) is 0. The number of hydrogen-bond donors (Lipinski definition) is 1. The van der Waals surface area contributed by atoms with Crippen LogP contribution >= 0.6 is 34.8 Å². The van der Waals surface area contributed by atoms with Gasteiger partial charge in [0.1, 0.15) is 0 Å². The lowest BCUT2D eigenvalue weighted by atomic mass is 10.8. The van der Waals surface area contributed by atoms with Gasteiger partial charge in [-0.3, -0.25) is 4.21 Å². The van der Waals surface area contributed by atoms with Crippen molar-refractivity contribution in [3.63, 3.8) is 0 Å². The highest BCUT2D eigenvalue weighted by Crippen LogP contribution is 2.24. The molecule has 0 aliphatic heterocycles. The molecule has 0 bridgehead atoms. The van der Waals surface area contributed by atoms with Crippen LogP contribution in [0.2, 0.25) is 0 Å². The van der Waals surface area contributed by atoms with Gasteiger partial charge in [-0.1, -0.05) is 34.8 Å². The van der Waals surface area contributed by atoms with Crippen LogP contribution in [0.1, 0.15) is 0 Å². The molecule has 0 aromatic heterocycles. The molecule has 0 amide bonds. The SMILES string of the molecule is O=S([O-])NCC(Cl)(Cl)Cl. The molecule has 0 spiro atoms. The maximum atomic E-state index is 9.76. The normalized spacial score (nSPS) is 15.6. The summed E-state index contributed by atoms with van der Waals surface area (Å²) in [6, 6.07) is 0. The summed E-state index contributed by atoms with van der Waals surface area (Å²) in [6.45, 7) is -0.215. The second kappa shape index (κ2) is 3.95. The average molecular weight is 211 g/mol. The molecule has 0 rings (SSSR count). The van der Waals surface area contributed by atoms with Crippen LogP contribution in [0, 0.1) is 0 Å². The molecule has 0 aliphatic rings. The van der Waals surface area contributed by atoms with Gasteiger partial charge < -0.3 is 4.55 Å². The topological polar surface area (TPSA) is 52.2 Å². The minimum absolute atomic E-state index is 0.215. The molecule has 0 radical (unpaired) electrons. The Morgan fingerprint density at radius 2 is 2.00 bits per heavy atom. The molecule has 0 saturated carbocycles. The Labute approximate surface area is 70.1 Å². The molecule has 0 aromatic rings. The van der Waals surface area contributed by atoms with Crippen LogP contribution in [0.4, 0.5) is 0 Å². The van der Waals surface area contributed by atoms with Crippen LogP contribution in [-0.2, 0) is 11.3 Å². The molecule has 1 atom stereocenters. The standard InChI is InChI=1S/C2H4Cl3NO2S/c3-2(4,5)1-6-9(7)8/h6H,1H2,(H,7,8)/p-1. The molecule has 9 heavy (non-hydrogen) atoms. The van der Waals surface area contributed by atoms with Crippen molar-refractivity contribution in [1.29, 1.82) is 0 Å². The maximum absolute atomic E-state index is 9.76. The van der Waals surface area contributed by atoms with Crippen LogP contribution in [0.5, 0.6) is 0 Å². The van der Waals surface area contributed by atoms with Crippen LogP contribution in [0.25, 0.3) is 0 Å². The van der Waals surface area contributed by atoms with E-state index in [2.05, 4.69) is 0 Å². The lowest BCUT2D eigenvalue weighted by Crippen LogP contribution is -2.27. The lowest BCUT2D eigenvalue weighted by molar-refractivity contribution is 0.523. The molecular formula is C2H3Cl3NO2S-. The molecule has 1 unspecified atom stereocenters. The van der Waals surface area contributed by atoms with E-state index in [4.69, 9.17) is 34.8 Å². The Balaban J connectivity index is 3.39. The molecule has 0 aromatic carbocycles. The lowest BCUT2D eigenvalue weighted by Gasteiger charge is -2.12. The van der Waals surface area contributed by atoms with Gasteiger partial charge in [0.25, 0.3) is 0 Å². The van der Waals surface area contributed by atoms with Gasteiger partial charge in [0, 0.05) is 11.3 Å². The summed E-state index contributed by atoms with van der Waals surface area (Å²) in [7, 11) is 0. The predicted octanol–water partition coefficient (Wildman–Crippen LogP) is 0.740. The number of halogens is 3. The van der Waals surface area contributed by atoms with Gasteiger partial charge >= 0.3 is 0 Å². The Morgan fingerprint density at radius 1 is 1.56 bits per heavy atom. The Kier molecular flexibility index (Phi) is 4.37. The monoisotopic (exact) mass is 210 g/mol. The summed E-state index contributed by atoms with van der Waals surface area (Å²) in [5, 5.41) is 0. The fraction of sp³-hybridized carbons (Fsp3) is 1.00. The van der Waals surface area contributed by atoms with Crippen molar-refractivity contribution < 1.29 is 8.76 Å². The molecule has 0 fully saturated rings. The van der Waals surface area contributed by atoms with Crippen molar-refractivity contribution in [3.8, 4) is 0 Å². The number of alkyl halides is 3. The maximum Gasteiger partial charge on any atom is 0.203 e. The first-order chi connectivity index (χ1) is 3.92. The summed E-state index contributed by atoms with van der Waals surface area (Å²) in [5.41, 5.74) is 0. The Morgan fingerprint density at radius 3 is 2.11 bits per heavy atom. The zero-order valence-electron chi connectivity index (χ0n) is 4.07. The van der Waals surface area contributed by atoms with Crippen molar-refractivity contribution in [2.24, 2.45) is 0 Å². The number of nitrogens with one attached hydrogen (secondary N) is 1. The van der Waals surface area contributed by atoms with Gasteiger partial charge in [-0.25, -0.2) is 4.72 Å². The summed E-state index contributed by atoms with van der Waals surface area (Å²) < 4.78 is 19.9. The summed E-state index contributed by atoms with van der Waals surface area (Å²) >= 11 is 13.2. The van der Waals surface area contributed by atoms with Gasteiger partial charge in [0.05, 0.1) is 6.54 Å². The van der Waals surface area contributed by atoms with Gasteiger partial charge in [-0.2, -0.15) is 0 Å². The molecule has 56 valence electrons. The van der Waals surface area contributed by atoms with Gasteiger partial charge in [0.2, 0.25) is 3.79 Å². The van der Waals surface area contributed by atoms with E-state index in [1.54, 1.807) is 0 Å². The molecule has 0 aliphatic carbocycles.